The number of thiol groups is 1. The van der Waals surface area contributed by atoms with E-state index in [1.54, 1.807) is 11.3 Å². The van der Waals surface area contributed by atoms with Gasteiger partial charge in [-0.2, -0.15) is 0 Å². The van der Waals surface area contributed by atoms with Gasteiger partial charge in [-0.05, 0) is 43.0 Å². The van der Waals surface area contributed by atoms with Crippen molar-refractivity contribution in [3.8, 4) is 0 Å². The summed E-state index contributed by atoms with van der Waals surface area (Å²) in [7, 11) is 0. The van der Waals surface area contributed by atoms with Crippen LogP contribution in [0, 0.1) is 6.92 Å². The second-order valence-corrected chi connectivity index (χ2v) is 5.95. The standard InChI is InChI=1S/C15H17NOS2/c1-3-16(10-13-5-4-8-19-13)15(17)14-9-12(18)7-6-11(14)2/h4-9,18H,3,10H2,1-2H3. The van der Waals surface area contributed by atoms with Crippen molar-refractivity contribution in [2.45, 2.75) is 25.3 Å². The molecule has 0 radical (unpaired) electrons. The molecule has 0 unspecified atom stereocenters. The van der Waals surface area contributed by atoms with E-state index < -0.39 is 0 Å². The maximum atomic E-state index is 12.6. The van der Waals surface area contributed by atoms with Gasteiger partial charge in [0.2, 0.25) is 0 Å². The van der Waals surface area contributed by atoms with Gasteiger partial charge < -0.3 is 4.90 Å². The average Bonchev–Trinajstić information content (AvgIpc) is 2.91. The van der Waals surface area contributed by atoms with E-state index in [2.05, 4.69) is 18.7 Å². The Bertz CT molecular complexity index is 564. The number of hydrogen-bond acceptors (Lipinski definition) is 3. The summed E-state index contributed by atoms with van der Waals surface area (Å²) in [5.41, 5.74) is 1.73. The number of carbonyl (C=O) groups excluding carboxylic acids is 1. The van der Waals surface area contributed by atoms with Crippen molar-refractivity contribution in [1.29, 1.82) is 0 Å². The molecule has 4 heteroatoms. The molecule has 19 heavy (non-hydrogen) atoms. The Hall–Kier alpha value is -1.26. The highest BCUT2D eigenvalue weighted by Gasteiger charge is 2.17. The van der Waals surface area contributed by atoms with Crippen LogP contribution in [0.5, 0.6) is 0 Å². The predicted octanol–water partition coefficient (Wildman–Crippen LogP) is 4.01. The van der Waals surface area contributed by atoms with Crippen LogP contribution in [0.15, 0.2) is 40.6 Å². The summed E-state index contributed by atoms with van der Waals surface area (Å²) >= 11 is 5.99. The molecule has 0 aliphatic heterocycles. The molecule has 0 atom stereocenters. The van der Waals surface area contributed by atoms with Gasteiger partial charge in [0.1, 0.15) is 0 Å². The molecule has 0 bridgehead atoms. The van der Waals surface area contributed by atoms with Gasteiger partial charge in [-0.3, -0.25) is 4.79 Å². The molecule has 1 aromatic carbocycles. The maximum Gasteiger partial charge on any atom is 0.254 e. The highest BCUT2D eigenvalue weighted by Crippen LogP contribution is 2.18. The van der Waals surface area contributed by atoms with Crippen molar-refractivity contribution < 1.29 is 4.79 Å². The first-order chi connectivity index (χ1) is 9.11. The lowest BCUT2D eigenvalue weighted by molar-refractivity contribution is 0.0753. The van der Waals surface area contributed by atoms with E-state index in [0.29, 0.717) is 13.1 Å². The SMILES string of the molecule is CCN(Cc1cccs1)C(=O)c1cc(S)ccc1C. The van der Waals surface area contributed by atoms with Crippen LogP contribution in [0.1, 0.15) is 27.7 Å². The van der Waals surface area contributed by atoms with Gasteiger partial charge in [-0.15, -0.1) is 24.0 Å². The van der Waals surface area contributed by atoms with E-state index in [1.807, 2.05) is 48.4 Å². The van der Waals surface area contributed by atoms with E-state index in [-0.39, 0.29) is 5.91 Å². The first kappa shape index (κ1) is 14.2. The Morgan fingerprint density at radius 3 is 2.79 bits per heavy atom. The van der Waals surface area contributed by atoms with Gasteiger partial charge in [0, 0.05) is 21.9 Å². The monoisotopic (exact) mass is 291 g/mol. The topological polar surface area (TPSA) is 20.3 Å². The van der Waals surface area contributed by atoms with Crippen LogP contribution in [0.4, 0.5) is 0 Å². The zero-order valence-corrected chi connectivity index (χ0v) is 12.8. The Morgan fingerprint density at radius 1 is 1.37 bits per heavy atom. The Labute approximate surface area is 123 Å². The Balaban J connectivity index is 2.23. The number of hydrogen-bond donors (Lipinski definition) is 1. The van der Waals surface area contributed by atoms with E-state index in [9.17, 15) is 4.79 Å². The normalized spacial score (nSPS) is 10.5. The lowest BCUT2D eigenvalue weighted by atomic mass is 10.1. The smallest absolute Gasteiger partial charge is 0.254 e. The molecule has 1 heterocycles. The van der Waals surface area contributed by atoms with Crippen molar-refractivity contribution in [2.75, 3.05) is 6.54 Å². The summed E-state index contributed by atoms with van der Waals surface area (Å²) in [5.74, 6) is 0.0734. The molecule has 0 spiro atoms. The number of thiophene rings is 1. The third-order valence-corrected chi connectivity index (χ3v) is 4.19. The van der Waals surface area contributed by atoms with Gasteiger partial charge in [0.05, 0.1) is 6.54 Å². The van der Waals surface area contributed by atoms with Gasteiger partial charge in [0.25, 0.3) is 5.91 Å². The maximum absolute atomic E-state index is 12.6. The van der Waals surface area contributed by atoms with Crippen molar-refractivity contribution in [1.82, 2.24) is 4.90 Å². The fourth-order valence-electron chi connectivity index (χ4n) is 1.93. The molecule has 0 fully saturated rings. The summed E-state index contributed by atoms with van der Waals surface area (Å²) in [5, 5.41) is 2.03. The molecule has 0 saturated carbocycles. The molecule has 0 saturated heterocycles. The number of aryl methyl sites for hydroxylation is 1. The van der Waals surface area contributed by atoms with Crippen LogP contribution in [0.25, 0.3) is 0 Å². The van der Waals surface area contributed by atoms with Gasteiger partial charge in [0.15, 0.2) is 0 Å². The second kappa shape index (κ2) is 6.26. The molecule has 0 N–H and O–H groups in total. The largest absolute Gasteiger partial charge is 0.334 e. The summed E-state index contributed by atoms with van der Waals surface area (Å²) in [4.78, 5) is 16.5. The molecule has 2 nitrogen and oxygen atoms in total. The summed E-state index contributed by atoms with van der Waals surface area (Å²) in [6.07, 6.45) is 0. The highest BCUT2D eigenvalue weighted by atomic mass is 32.1. The summed E-state index contributed by atoms with van der Waals surface area (Å²) in [6.45, 7) is 5.33. The number of rotatable bonds is 4. The minimum absolute atomic E-state index is 0.0734. The molecule has 1 aromatic heterocycles. The molecular weight excluding hydrogens is 274 g/mol. The van der Waals surface area contributed by atoms with Gasteiger partial charge >= 0.3 is 0 Å². The molecule has 0 aliphatic carbocycles. The molecule has 2 aromatic rings. The van der Waals surface area contributed by atoms with E-state index >= 15 is 0 Å². The van der Waals surface area contributed by atoms with Crippen LogP contribution < -0.4 is 0 Å². The van der Waals surface area contributed by atoms with Crippen LogP contribution >= 0.6 is 24.0 Å². The fraction of sp³-hybridized carbons (Fsp3) is 0.267. The van der Waals surface area contributed by atoms with Crippen LogP contribution in [0.2, 0.25) is 0 Å². The average molecular weight is 291 g/mol. The van der Waals surface area contributed by atoms with E-state index in [0.717, 1.165) is 16.0 Å². The zero-order chi connectivity index (χ0) is 13.8. The molecule has 100 valence electrons. The fourth-order valence-corrected chi connectivity index (χ4v) is 2.85. The van der Waals surface area contributed by atoms with Crippen LogP contribution in [0.3, 0.4) is 0 Å². The molecule has 0 aliphatic rings. The minimum Gasteiger partial charge on any atom is -0.334 e. The Morgan fingerprint density at radius 2 is 2.16 bits per heavy atom. The van der Waals surface area contributed by atoms with Gasteiger partial charge in [-0.25, -0.2) is 0 Å². The van der Waals surface area contributed by atoms with E-state index in [1.165, 1.54) is 4.88 Å². The summed E-state index contributed by atoms with van der Waals surface area (Å²) < 4.78 is 0. The number of nitrogens with zero attached hydrogens (tertiary/aromatic N) is 1. The van der Waals surface area contributed by atoms with Gasteiger partial charge in [-0.1, -0.05) is 12.1 Å². The molecule has 2 rings (SSSR count). The predicted molar refractivity (Wildman–Crippen MR) is 83.2 cm³/mol. The van der Waals surface area contributed by atoms with Crippen LogP contribution in [-0.4, -0.2) is 17.4 Å². The first-order valence-corrected chi connectivity index (χ1v) is 7.55. The molecule has 1 amide bonds. The lowest BCUT2D eigenvalue weighted by Gasteiger charge is -2.21. The first-order valence-electron chi connectivity index (χ1n) is 6.23. The minimum atomic E-state index is 0.0734. The summed E-state index contributed by atoms with van der Waals surface area (Å²) in [6, 6.07) is 9.76. The highest BCUT2D eigenvalue weighted by molar-refractivity contribution is 7.80. The lowest BCUT2D eigenvalue weighted by Crippen LogP contribution is -2.30. The van der Waals surface area contributed by atoms with Crippen molar-refractivity contribution in [2.24, 2.45) is 0 Å². The number of amides is 1. The van der Waals surface area contributed by atoms with Crippen molar-refractivity contribution in [3.63, 3.8) is 0 Å². The number of benzene rings is 1. The van der Waals surface area contributed by atoms with Crippen molar-refractivity contribution in [3.05, 3.63) is 51.7 Å². The third kappa shape index (κ3) is 3.39. The van der Waals surface area contributed by atoms with E-state index in [4.69, 9.17) is 0 Å². The van der Waals surface area contributed by atoms with Crippen LogP contribution in [-0.2, 0) is 6.54 Å². The quantitative estimate of drug-likeness (QED) is 0.844. The zero-order valence-electron chi connectivity index (χ0n) is 11.1. The Kier molecular flexibility index (Phi) is 4.66. The van der Waals surface area contributed by atoms with Crippen molar-refractivity contribution >= 4 is 29.9 Å². The third-order valence-electron chi connectivity index (χ3n) is 3.05. The molecular formula is C15H17NOS2. The number of carbonyl (C=O) groups is 1. The second-order valence-electron chi connectivity index (χ2n) is 4.40.